The molecule has 0 aliphatic heterocycles. The van der Waals surface area contributed by atoms with Crippen molar-refractivity contribution in [3.8, 4) is 11.5 Å². The normalized spacial score (nSPS) is 11.1. The molecule has 0 amide bonds. The van der Waals surface area contributed by atoms with Gasteiger partial charge in [-0.15, -0.1) is 0 Å². The van der Waals surface area contributed by atoms with Crippen LogP contribution in [-0.2, 0) is 6.42 Å². The minimum absolute atomic E-state index is 0.00956. The number of hydrogen-bond donors (Lipinski definition) is 0. The zero-order chi connectivity index (χ0) is 26.5. The molecule has 2 aromatic carbocycles. The summed E-state index contributed by atoms with van der Waals surface area (Å²) in [7, 11) is 3.05. The van der Waals surface area contributed by atoms with Gasteiger partial charge < -0.3 is 13.9 Å². The topological polar surface area (TPSA) is 65.7 Å². The highest BCUT2D eigenvalue weighted by Crippen LogP contribution is 2.31. The van der Waals surface area contributed by atoms with Crippen molar-refractivity contribution in [3.05, 3.63) is 69.6 Å². The highest BCUT2D eigenvalue weighted by atomic mass is 16.5. The van der Waals surface area contributed by atoms with Gasteiger partial charge in [-0.05, 0) is 24.5 Å². The summed E-state index contributed by atoms with van der Waals surface area (Å²) >= 11 is 0. The first-order valence-electron chi connectivity index (χ1n) is 13.9. The van der Waals surface area contributed by atoms with Crippen LogP contribution >= 0.6 is 0 Å². The number of methoxy groups -OCH3 is 2. The van der Waals surface area contributed by atoms with Crippen molar-refractivity contribution in [2.75, 3.05) is 14.2 Å². The van der Waals surface area contributed by atoms with Crippen LogP contribution in [0.4, 0.5) is 0 Å². The van der Waals surface area contributed by atoms with Crippen LogP contribution in [0.25, 0.3) is 11.0 Å². The summed E-state index contributed by atoms with van der Waals surface area (Å²) < 4.78 is 16.1. The molecule has 0 radical (unpaired) electrons. The van der Waals surface area contributed by atoms with E-state index in [0.717, 1.165) is 12.8 Å². The first kappa shape index (κ1) is 28.5. The van der Waals surface area contributed by atoms with Gasteiger partial charge >= 0.3 is 5.63 Å². The number of hydrogen-bond acceptors (Lipinski definition) is 5. The van der Waals surface area contributed by atoms with Crippen molar-refractivity contribution < 1.29 is 18.7 Å². The lowest BCUT2D eigenvalue weighted by atomic mass is 9.99. The lowest BCUT2D eigenvalue weighted by molar-refractivity contribution is 0.103. The number of ether oxygens (including phenoxy) is 2. The van der Waals surface area contributed by atoms with Gasteiger partial charge in [0.15, 0.2) is 5.78 Å². The van der Waals surface area contributed by atoms with Gasteiger partial charge in [0.25, 0.3) is 0 Å². The van der Waals surface area contributed by atoms with Crippen molar-refractivity contribution >= 4 is 16.8 Å². The smallest absolute Gasteiger partial charge is 0.347 e. The van der Waals surface area contributed by atoms with Crippen LogP contribution in [0.2, 0.25) is 0 Å². The summed E-state index contributed by atoms with van der Waals surface area (Å²) in [4.78, 5) is 25.7. The second kappa shape index (κ2) is 15.2. The van der Waals surface area contributed by atoms with Gasteiger partial charge in [-0.3, -0.25) is 4.79 Å². The highest BCUT2D eigenvalue weighted by Gasteiger charge is 2.18. The zero-order valence-corrected chi connectivity index (χ0v) is 22.8. The van der Waals surface area contributed by atoms with Gasteiger partial charge in [0, 0.05) is 17.7 Å². The van der Waals surface area contributed by atoms with E-state index in [1.165, 1.54) is 90.4 Å². The first-order valence-corrected chi connectivity index (χ1v) is 13.9. The Labute approximate surface area is 221 Å². The summed E-state index contributed by atoms with van der Waals surface area (Å²) in [6.45, 7) is 2.26. The Kier molecular flexibility index (Phi) is 11.7. The maximum Gasteiger partial charge on any atom is 0.347 e. The highest BCUT2D eigenvalue weighted by molar-refractivity contribution is 6.10. The van der Waals surface area contributed by atoms with Crippen molar-refractivity contribution in [2.24, 2.45) is 0 Å². The van der Waals surface area contributed by atoms with Crippen LogP contribution in [0.1, 0.15) is 105 Å². The third-order valence-corrected chi connectivity index (χ3v) is 7.02. The van der Waals surface area contributed by atoms with E-state index in [-0.39, 0.29) is 11.3 Å². The Morgan fingerprint density at radius 3 is 1.92 bits per heavy atom. The van der Waals surface area contributed by atoms with Gasteiger partial charge in [0.05, 0.1) is 19.6 Å². The number of aryl methyl sites for hydroxylation is 1. The van der Waals surface area contributed by atoms with Crippen LogP contribution in [0.3, 0.4) is 0 Å². The SMILES string of the molecule is CCCCCCCCCCCCCCc1ccc(C(=O)c2cc3c(OC)cc(OC)cc3oc2=O)cc1. The van der Waals surface area contributed by atoms with Gasteiger partial charge in [-0.25, -0.2) is 4.79 Å². The van der Waals surface area contributed by atoms with Gasteiger partial charge in [0.1, 0.15) is 22.6 Å². The number of carbonyl (C=O) groups excluding carboxylic acids is 1. The molecule has 0 saturated heterocycles. The summed E-state index contributed by atoms with van der Waals surface area (Å²) in [5.74, 6) is 0.630. The van der Waals surface area contributed by atoms with Crippen molar-refractivity contribution in [1.82, 2.24) is 0 Å². The Bertz CT molecular complexity index is 1180. The number of ketones is 1. The standard InChI is InChI=1S/C32H42O5/c1-4-5-6-7-8-9-10-11-12-13-14-15-16-24-17-19-25(20-18-24)31(33)28-23-27-29(36-3)21-26(35-2)22-30(27)37-32(28)34/h17-23H,4-16H2,1-3H3. The third kappa shape index (κ3) is 8.48. The number of unbranched alkanes of at least 4 members (excludes halogenated alkanes) is 11. The number of fused-ring (bicyclic) bond motifs is 1. The Balaban J connectivity index is 1.47. The van der Waals surface area contributed by atoms with Gasteiger partial charge in [-0.2, -0.15) is 0 Å². The molecule has 5 heteroatoms. The molecule has 200 valence electrons. The zero-order valence-electron chi connectivity index (χ0n) is 22.8. The maximum absolute atomic E-state index is 13.1. The lowest BCUT2D eigenvalue weighted by Crippen LogP contribution is -2.15. The van der Waals surface area contributed by atoms with E-state index in [1.807, 2.05) is 12.1 Å². The first-order chi connectivity index (χ1) is 18.1. The fourth-order valence-corrected chi connectivity index (χ4v) is 4.76. The van der Waals surface area contributed by atoms with E-state index in [9.17, 15) is 9.59 Å². The summed E-state index contributed by atoms with van der Waals surface area (Å²) in [5, 5.41) is 0.551. The minimum Gasteiger partial charge on any atom is -0.496 e. The van der Waals surface area contributed by atoms with Crippen LogP contribution in [0.5, 0.6) is 11.5 Å². The molecule has 0 aliphatic rings. The van der Waals surface area contributed by atoms with Crippen molar-refractivity contribution in [2.45, 2.75) is 90.4 Å². The molecule has 0 N–H and O–H groups in total. The van der Waals surface area contributed by atoms with Gasteiger partial charge in [0.2, 0.25) is 0 Å². The predicted octanol–water partition coefficient (Wildman–Crippen LogP) is 8.28. The molecule has 0 aliphatic carbocycles. The van der Waals surface area contributed by atoms with Crippen LogP contribution in [0.15, 0.2) is 51.7 Å². The van der Waals surface area contributed by atoms with E-state index in [4.69, 9.17) is 13.9 Å². The second-order valence-electron chi connectivity index (χ2n) is 9.85. The van der Waals surface area contributed by atoms with Crippen LogP contribution in [-0.4, -0.2) is 20.0 Å². The van der Waals surface area contributed by atoms with E-state index in [2.05, 4.69) is 6.92 Å². The maximum atomic E-state index is 13.1. The molecule has 3 aromatic rings. The fourth-order valence-electron chi connectivity index (χ4n) is 4.76. The molecule has 5 nitrogen and oxygen atoms in total. The third-order valence-electron chi connectivity index (χ3n) is 7.02. The van der Waals surface area contributed by atoms with Crippen molar-refractivity contribution in [1.29, 1.82) is 0 Å². The molecule has 0 unspecified atom stereocenters. The molecule has 0 fully saturated rings. The minimum atomic E-state index is -0.673. The molecular weight excluding hydrogens is 464 g/mol. The average molecular weight is 507 g/mol. The predicted molar refractivity (Wildman–Crippen MR) is 150 cm³/mol. The fraction of sp³-hybridized carbons (Fsp3) is 0.500. The van der Waals surface area contributed by atoms with E-state index >= 15 is 0 Å². The quantitative estimate of drug-likeness (QED) is 0.105. The van der Waals surface area contributed by atoms with Crippen molar-refractivity contribution in [3.63, 3.8) is 0 Å². The molecule has 0 spiro atoms. The summed E-state index contributed by atoms with van der Waals surface area (Å²) in [5.41, 5.74) is 1.31. The largest absolute Gasteiger partial charge is 0.496 e. The molecule has 0 bridgehead atoms. The van der Waals surface area contributed by atoms with Gasteiger partial charge in [-0.1, -0.05) is 102 Å². The molecule has 37 heavy (non-hydrogen) atoms. The molecule has 0 atom stereocenters. The lowest BCUT2D eigenvalue weighted by Gasteiger charge is -2.09. The molecule has 3 rings (SSSR count). The van der Waals surface area contributed by atoms with Crippen LogP contribution < -0.4 is 15.1 Å². The summed E-state index contributed by atoms with van der Waals surface area (Å²) in [6.07, 6.45) is 17.0. The monoisotopic (exact) mass is 506 g/mol. The molecule has 1 aromatic heterocycles. The molecular formula is C32H42O5. The number of carbonyl (C=O) groups is 1. The number of rotatable bonds is 17. The van der Waals surface area contributed by atoms with Crippen LogP contribution in [0, 0.1) is 0 Å². The number of benzene rings is 2. The van der Waals surface area contributed by atoms with E-state index in [0.29, 0.717) is 28.0 Å². The Morgan fingerprint density at radius 1 is 0.757 bits per heavy atom. The van der Waals surface area contributed by atoms with E-state index < -0.39 is 5.63 Å². The Morgan fingerprint density at radius 2 is 1.35 bits per heavy atom. The van der Waals surface area contributed by atoms with E-state index in [1.54, 1.807) is 30.3 Å². The Hall–Kier alpha value is -3.08. The summed E-state index contributed by atoms with van der Waals surface area (Å²) in [6, 6.07) is 12.4. The second-order valence-corrected chi connectivity index (χ2v) is 9.85. The molecule has 0 saturated carbocycles. The molecule has 1 heterocycles. The average Bonchev–Trinajstić information content (AvgIpc) is 2.92.